The van der Waals surface area contributed by atoms with Crippen LogP contribution in [-0.4, -0.2) is 48.5 Å². The fraction of sp³-hybridized carbons (Fsp3) is 1.00. The monoisotopic (exact) mass is 215 g/mol. The van der Waals surface area contributed by atoms with Crippen molar-refractivity contribution in [3.8, 4) is 0 Å². The lowest BCUT2D eigenvalue weighted by atomic mass is 10.1. The number of aliphatic hydroxyl groups is 1. The van der Waals surface area contributed by atoms with E-state index in [0.717, 1.165) is 52.0 Å². The number of hydrogen-bond donors (Lipinski definition) is 1. The summed E-state index contributed by atoms with van der Waals surface area (Å²) >= 11 is 0. The van der Waals surface area contributed by atoms with Crippen molar-refractivity contribution in [2.75, 3.05) is 26.3 Å². The minimum Gasteiger partial charge on any atom is -0.393 e. The SMILES string of the molecule is CCC(O)CCCN1CCOCC1CC. The lowest BCUT2D eigenvalue weighted by Gasteiger charge is -2.35. The van der Waals surface area contributed by atoms with Gasteiger partial charge in [-0.1, -0.05) is 13.8 Å². The highest BCUT2D eigenvalue weighted by atomic mass is 16.5. The van der Waals surface area contributed by atoms with Crippen LogP contribution in [0.2, 0.25) is 0 Å². The summed E-state index contributed by atoms with van der Waals surface area (Å²) in [5.74, 6) is 0. The smallest absolute Gasteiger partial charge is 0.0622 e. The van der Waals surface area contributed by atoms with Crippen LogP contribution in [-0.2, 0) is 4.74 Å². The van der Waals surface area contributed by atoms with E-state index in [1.807, 2.05) is 6.92 Å². The Bertz CT molecular complexity index is 164. The van der Waals surface area contributed by atoms with Gasteiger partial charge in [0.05, 0.1) is 19.3 Å². The summed E-state index contributed by atoms with van der Waals surface area (Å²) in [5.41, 5.74) is 0. The molecule has 1 N–H and O–H groups in total. The fourth-order valence-electron chi connectivity index (χ4n) is 2.09. The Morgan fingerprint density at radius 2 is 2.27 bits per heavy atom. The molecule has 0 spiro atoms. The van der Waals surface area contributed by atoms with Crippen LogP contribution < -0.4 is 0 Å². The lowest BCUT2D eigenvalue weighted by molar-refractivity contribution is -0.0105. The molecule has 3 nitrogen and oxygen atoms in total. The average molecular weight is 215 g/mol. The summed E-state index contributed by atoms with van der Waals surface area (Å²) in [6.45, 7) is 8.17. The molecule has 0 bridgehead atoms. The third kappa shape index (κ3) is 4.49. The van der Waals surface area contributed by atoms with Crippen LogP contribution >= 0.6 is 0 Å². The zero-order valence-electron chi connectivity index (χ0n) is 10.1. The highest BCUT2D eigenvalue weighted by molar-refractivity contribution is 4.74. The van der Waals surface area contributed by atoms with Crippen molar-refractivity contribution in [1.82, 2.24) is 4.90 Å². The van der Waals surface area contributed by atoms with Gasteiger partial charge in [0.15, 0.2) is 0 Å². The largest absolute Gasteiger partial charge is 0.393 e. The summed E-state index contributed by atoms with van der Waals surface area (Å²) < 4.78 is 5.46. The van der Waals surface area contributed by atoms with Crippen molar-refractivity contribution >= 4 is 0 Å². The molecule has 0 amide bonds. The first-order valence-corrected chi connectivity index (χ1v) is 6.27. The van der Waals surface area contributed by atoms with Crippen LogP contribution in [0.25, 0.3) is 0 Å². The second-order valence-corrected chi connectivity index (χ2v) is 4.38. The maximum atomic E-state index is 9.47. The van der Waals surface area contributed by atoms with E-state index in [-0.39, 0.29) is 6.10 Å². The molecule has 1 fully saturated rings. The molecule has 0 radical (unpaired) electrons. The van der Waals surface area contributed by atoms with Gasteiger partial charge in [0.2, 0.25) is 0 Å². The predicted molar refractivity (Wildman–Crippen MR) is 62.0 cm³/mol. The third-order valence-electron chi connectivity index (χ3n) is 3.27. The average Bonchev–Trinajstić information content (AvgIpc) is 2.29. The summed E-state index contributed by atoms with van der Waals surface area (Å²) in [4.78, 5) is 2.51. The normalized spacial score (nSPS) is 25.4. The van der Waals surface area contributed by atoms with E-state index < -0.39 is 0 Å². The van der Waals surface area contributed by atoms with Gasteiger partial charge in [0.1, 0.15) is 0 Å². The second kappa shape index (κ2) is 7.20. The molecule has 0 aliphatic carbocycles. The molecule has 90 valence electrons. The molecule has 0 saturated carbocycles. The van der Waals surface area contributed by atoms with E-state index in [9.17, 15) is 5.11 Å². The fourth-order valence-corrected chi connectivity index (χ4v) is 2.09. The quantitative estimate of drug-likeness (QED) is 0.731. The van der Waals surface area contributed by atoms with Gasteiger partial charge in [-0.3, -0.25) is 4.90 Å². The van der Waals surface area contributed by atoms with Crippen molar-refractivity contribution in [3.05, 3.63) is 0 Å². The third-order valence-corrected chi connectivity index (χ3v) is 3.27. The molecule has 15 heavy (non-hydrogen) atoms. The number of ether oxygens (including phenoxy) is 1. The second-order valence-electron chi connectivity index (χ2n) is 4.38. The van der Waals surface area contributed by atoms with Gasteiger partial charge in [0, 0.05) is 12.6 Å². The molecule has 1 aliphatic heterocycles. The van der Waals surface area contributed by atoms with Gasteiger partial charge < -0.3 is 9.84 Å². The van der Waals surface area contributed by atoms with Gasteiger partial charge >= 0.3 is 0 Å². The minimum absolute atomic E-state index is 0.105. The maximum absolute atomic E-state index is 9.47. The first-order chi connectivity index (χ1) is 7.27. The summed E-state index contributed by atoms with van der Waals surface area (Å²) in [7, 11) is 0. The summed E-state index contributed by atoms with van der Waals surface area (Å²) in [6, 6.07) is 0.595. The molecule has 0 aromatic carbocycles. The lowest BCUT2D eigenvalue weighted by Crippen LogP contribution is -2.45. The highest BCUT2D eigenvalue weighted by Crippen LogP contribution is 2.12. The first kappa shape index (κ1) is 12.9. The Labute approximate surface area is 93.4 Å². The van der Waals surface area contributed by atoms with Crippen LogP contribution in [0.4, 0.5) is 0 Å². The Kier molecular flexibility index (Phi) is 6.22. The van der Waals surface area contributed by atoms with Crippen molar-refractivity contribution in [2.24, 2.45) is 0 Å². The van der Waals surface area contributed by atoms with Gasteiger partial charge in [-0.2, -0.15) is 0 Å². The highest BCUT2D eigenvalue weighted by Gasteiger charge is 2.20. The van der Waals surface area contributed by atoms with Gasteiger partial charge in [-0.05, 0) is 32.2 Å². The molecule has 2 atom stereocenters. The Hall–Kier alpha value is -0.120. The van der Waals surface area contributed by atoms with Crippen molar-refractivity contribution in [3.63, 3.8) is 0 Å². The number of morpholine rings is 1. The van der Waals surface area contributed by atoms with Crippen molar-refractivity contribution in [1.29, 1.82) is 0 Å². The zero-order chi connectivity index (χ0) is 11.1. The summed E-state index contributed by atoms with van der Waals surface area (Å²) in [6.07, 6.45) is 3.97. The maximum Gasteiger partial charge on any atom is 0.0622 e. The molecule has 1 aliphatic rings. The molecule has 0 aromatic rings. The molecule has 0 aromatic heterocycles. The number of rotatable bonds is 6. The van der Waals surface area contributed by atoms with Crippen molar-refractivity contribution in [2.45, 2.75) is 51.7 Å². The first-order valence-electron chi connectivity index (χ1n) is 6.27. The van der Waals surface area contributed by atoms with Gasteiger partial charge in [-0.25, -0.2) is 0 Å². The minimum atomic E-state index is -0.105. The molecule has 2 unspecified atom stereocenters. The molecule has 1 heterocycles. The molecule has 1 rings (SSSR count). The van der Waals surface area contributed by atoms with E-state index in [1.54, 1.807) is 0 Å². The van der Waals surface area contributed by atoms with Gasteiger partial charge in [0.25, 0.3) is 0 Å². The Balaban J connectivity index is 2.17. The molecular weight excluding hydrogens is 190 g/mol. The van der Waals surface area contributed by atoms with E-state index >= 15 is 0 Å². The van der Waals surface area contributed by atoms with Crippen LogP contribution in [0.15, 0.2) is 0 Å². The van der Waals surface area contributed by atoms with Crippen LogP contribution in [0.1, 0.15) is 39.5 Å². The zero-order valence-corrected chi connectivity index (χ0v) is 10.1. The van der Waals surface area contributed by atoms with Crippen LogP contribution in [0.5, 0.6) is 0 Å². The number of hydrogen-bond acceptors (Lipinski definition) is 3. The topological polar surface area (TPSA) is 32.7 Å². The van der Waals surface area contributed by atoms with E-state index in [2.05, 4.69) is 11.8 Å². The Morgan fingerprint density at radius 3 is 2.93 bits per heavy atom. The molecule has 1 saturated heterocycles. The number of nitrogens with zero attached hydrogens (tertiary/aromatic N) is 1. The van der Waals surface area contributed by atoms with Crippen LogP contribution in [0, 0.1) is 0 Å². The molecular formula is C12H25NO2. The van der Waals surface area contributed by atoms with Crippen molar-refractivity contribution < 1.29 is 9.84 Å². The standard InChI is InChI=1S/C12H25NO2/c1-3-11-10-15-9-8-13(11)7-5-6-12(14)4-2/h11-12,14H,3-10H2,1-2H3. The van der Waals surface area contributed by atoms with E-state index in [0.29, 0.717) is 6.04 Å². The van der Waals surface area contributed by atoms with Gasteiger partial charge in [-0.15, -0.1) is 0 Å². The molecule has 3 heteroatoms. The van der Waals surface area contributed by atoms with Crippen LogP contribution in [0.3, 0.4) is 0 Å². The predicted octanol–water partition coefficient (Wildman–Crippen LogP) is 1.65. The van der Waals surface area contributed by atoms with E-state index in [1.165, 1.54) is 0 Å². The van der Waals surface area contributed by atoms with E-state index in [4.69, 9.17) is 4.74 Å². The number of aliphatic hydroxyl groups excluding tert-OH is 1. The Morgan fingerprint density at radius 1 is 1.47 bits per heavy atom. The summed E-state index contributed by atoms with van der Waals surface area (Å²) in [5, 5.41) is 9.47.